The van der Waals surface area contributed by atoms with Crippen LogP contribution >= 0.6 is 0 Å². The van der Waals surface area contributed by atoms with Gasteiger partial charge in [0.25, 0.3) is 0 Å². The van der Waals surface area contributed by atoms with Crippen molar-refractivity contribution in [2.75, 3.05) is 19.6 Å². The van der Waals surface area contributed by atoms with Gasteiger partial charge in [-0.2, -0.15) is 0 Å². The van der Waals surface area contributed by atoms with Gasteiger partial charge in [0.1, 0.15) is 5.78 Å². The van der Waals surface area contributed by atoms with E-state index in [-0.39, 0.29) is 0 Å². The van der Waals surface area contributed by atoms with Gasteiger partial charge in [-0.05, 0) is 57.5 Å². The van der Waals surface area contributed by atoms with Gasteiger partial charge in [0.05, 0.1) is 0 Å². The third kappa shape index (κ3) is 4.59. The molecule has 0 amide bonds. The highest BCUT2D eigenvalue weighted by atomic mass is 16.1. The van der Waals surface area contributed by atoms with Gasteiger partial charge in [-0.3, -0.25) is 4.79 Å². The summed E-state index contributed by atoms with van der Waals surface area (Å²) in [4.78, 5) is 14.0. The lowest BCUT2D eigenvalue weighted by atomic mass is 9.79. The summed E-state index contributed by atoms with van der Waals surface area (Å²) in [6.07, 6.45) is 10.8. The summed E-state index contributed by atoms with van der Waals surface area (Å²) in [5.41, 5.74) is 0. The third-order valence-corrected chi connectivity index (χ3v) is 5.34. The molecule has 2 nitrogen and oxygen atoms in total. The molecule has 1 saturated heterocycles. The predicted octanol–water partition coefficient (Wildman–Crippen LogP) is 3.89. The van der Waals surface area contributed by atoms with E-state index in [0.29, 0.717) is 11.7 Å². The molecule has 0 radical (unpaired) electrons. The largest absolute Gasteiger partial charge is 0.303 e. The monoisotopic (exact) mass is 265 g/mol. The number of nitrogens with zero attached hydrogens (tertiary/aromatic N) is 1. The SMILES string of the molecule is CCCC1CCC(CN2CCC(C(C)=O)CC2)CC1. The summed E-state index contributed by atoms with van der Waals surface area (Å²) in [5, 5.41) is 0. The van der Waals surface area contributed by atoms with Crippen molar-refractivity contribution in [3.8, 4) is 0 Å². The molecule has 1 aliphatic carbocycles. The summed E-state index contributed by atoms with van der Waals surface area (Å²) in [7, 11) is 0. The van der Waals surface area contributed by atoms with Crippen molar-refractivity contribution in [3.63, 3.8) is 0 Å². The fourth-order valence-electron chi connectivity index (χ4n) is 4.00. The van der Waals surface area contributed by atoms with Crippen LogP contribution in [-0.4, -0.2) is 30.3 Å². The quantitative estimate of drug-likeness (QED) is 0.751. The summed E-state index contributed by atoms with van der Waals surface area (Å²) in [5.74, 6) is 2.71. The molecule has 2 rings (SSSR count). The molecule has 0 unspecified atom stereocenters. The van der Waals surface area contributed by atoms with Crippen LogP contribution in [0, 0.1) is 17.8 Å². The molecular formula is C17H31NO. The molecule has 0 spiro atoms. The first kappa shape index (κ1) is 15.0. The minimum atomic E-state index is 0.358. The molecule has 1 heterocycles. The van der Waals surface area contributed by atoms with E-state index in [9.17, 15) is 4.79 Å². The smallest absolute Gasteiger partial charge is 0.133 e. The second-order valence-electron chi connectivity index (χ2n) is 6.86. The minimum absolute atomic E-state index is 0.358. The van der Waals surface area contributed by atoms with Crippen LogP contribution in [0.3, 0.4) is 0 Å². The van der Waals surface area contributed by atoms with Crippen LogP contribution in [0.5, 0.6) is 0 Å². The summed E-state index contributed by atoms with van der Waals surface area (Å²) in [6.45, 7) is 7.67. The predicted molar refractivity (Wildman–Crippen MR) is 80.2 cm³/mol. The van der Waals surface area contributed by atoms with Crippen molar-refractivity contribution < 1.29 is 4.79 Å². The van der Waals surface area contributed by atoms with E-state index in [1.54, 1.807) is 6.92 Å². The first-order valence-corrected chi connectivity index (χ1v) is 8.41. The Morgan fingerprint density at radius 3 is 2.11 bits per heavy atom. The zero-order valence-electron chi connectivity index (χ0n) is 12.9. The number of piperidine rings is 1. The van der Waals surface area contributed by atoms with Crippen molar-refractivity contribution in [1.29, 1.82) is 0 Å². The molecule has 0 atom stereocenters. The van der Waals surface area contributed by atoms with Crippen molar-refractivity contribution in [3.05, 3.63) is 0 Å². The highest BCUT2D eigenvalue weighted by Gasteiger charge is 2.26. The molecule has 1 saturated carbocycles. The van der Waals surface area contributed by atoms with Crippen LogP contribution < -0.4 is 0 Å². The third-order valence-electron chi connectivity index (χ3n) is 5.34. The highest BCUT2D eigenvalue weighted by molar-refractivity contribution is 5.78. The van der Waals surface area contributed by atoms with Gasteiger partial charge in [0, 0.05) is 12.5 Å². The normalized spacial score (nSPS) is 30.4. The van der Waals surface area contributed by atoms with Crippen molar-refractivity contribution in [1.82, 2.24) is 4.90 Å². The van der Waals surface area contributed by atoms with Crippen LogP contribution in [-0.2, 0) is 4.79 Å². The lowest BCUT2D eigenvalue weighted by molar-refractivity contribution is -0.122. The fourth-order valence-corrected chi connectivity index (χ4v) is 4.00. The van der Waals surface area contributed by atoms with Crippen LogP contribution in [0.15, 0.2) is 0 Å². The van der Waals surface area contributed by atoms with Crippen molar-refractivity contribution in [2.24, 2.45) is 17.8 Å². The van der Waals surface area contributed by atoms with E-state index >= 15 is 0 Å². The molecule has 2 heteroatoms. The zero-order chi connectivity index (χ0) is 13.7. The topological polar surface area (TPSA) is 20.3 Å². The maximum absolute atomic E-state index is 11.4. The number of rotatable bonds is 5. The minimum Gasteiger partial charge on any atom is -0.303 e. The summed E-state index contributed by atoms with van der Waals surface area (Å²) >= 11 is 0. The Bertz CT molecular complexity index is 273. The average molecular weight is 265 g/mol. The summed E-state index contributed by atoms with van der Waals surface area (Å²) in [6, 6.07) is 0. The van der Waals surface area contributed by atoms with E-state index in [1.807, 2.05) is 0 Å². The Balaban J connectivity index is 1.65. The Hall–Kier alpha value is -0.370. The lowest BCUT2D eigenvalue weighted by Crippen LogP contribution is -2.39. The van der Waals surface area contributed by atoms with E-state index < -0.39 is 0 Å². The van der Waals surface area contributed by atoms with Gasteiger partial charge in [-0.15, -0.1) is 0 Å². The Kier molecular flexibility index (Phi) is 5.87. The first-order chi connectivity index (χ1) is 9.19. The number of hydrogen-bond donors (Lipinski definition) is 0. The number of Topliss-reactive ketones (excluding diaryl/α,β-unsaturated/α-hetero) is 1. The number of ketones is 1. The second-order valence-corrected chi connectivity index (χ2v) is 6.86. The number of carbonyl (C=O) groups excluding carboxylic acids is 1. The second kappa shape index (κ2) is 7.42. The van der Waals surface area contributed by atoms with Crippen LogP contribution in [0.4, 0.5) is 0 Å². The number of carbonyl (C=O) groups is 1. The van der Waals surface area contributed by atoms with Gasteiger partial charge < -0.3 is 4.90 Å². The molecule has 1 aliphatic heterocycles. The van der Waals surface area contributed by atoms with Gasteiger partial charge in [0.2, 0.25) is 0 Å². The molecule has 110 valence electrons. The van der Waals surface area contributed by atoms with Gasteiger partial charge >= 0.3 is 0 Å². The van der Waals surface area contributed by atoms with Crippen molar-refractivity contribution in [2.45, 2.75) is 65.2 Å². The molecule has 0 aromatic carbocycles. The van der Waals surface area contributed by atoms with E-state index in [4.69, 9.17) is 0 Å². The van der Waals surface area contributed by atoms with E-state index in [2.05, 4.69) is 11.8 Å². The molecular weight excluding hydrogens is 234 g/mol. The average Bonchev–Trinajstić information content (AvgIpc) is 2.42. The molecule has 0 bridgehead atoms. The van der Waals surface area contributed by atoms with Gasteiger partial charge in [-0.25, -0.2) is 0 Å². The highest BCUT2D eigenvalue weighted by Crippen LogP contribution is 2.32. The van der Waals surface area contributed by atoms with E-state index in [0.717, 1.165) is 37.8 Å². The molecule has 0 aromatic rings. The van der Waals surface area contributed by atoms with Gasteiger partial charge in [0.15, 0.2) is 0 Å². The Labute approximate surface area is 118 Å². The van der Waals surface area contributed by atoms with Crippen LogP contribution in [0.2, 0.25) is 0 Å². The molecule has 19 heavy (non-hydrogen) atoms. The standard InChI is InChI=1S/C17H31NO/c1-3-4-15-5-7-16(8-6-15)13-18-11-9-17(10-12-18)14(2)19/h15-17H,3-13H2,1-2H3. The molecule has 2 fully saturated rings. The molecule has 0 aromatic heterocycles. The number of hydrogen-bond acceptors (Lipinski definition) is 2. The van der Waals surface area contributed by atoms with Crippen LogP contribution in [0.25, 0.3) is 0 Å². The van der Waals surface area contributed by atoms with Crippen LogP contribution in [0.1, 0.15) is 65.2 Å². The maximum Gasteiger partial charge on any atom is 0.133 e. The Morgan fingerprint density at radius 2 is 1.58 bits per heavy atom. The van der Waals surface area contributed by atoms with Crippen molar-refractivity contribution >= 4 is 5.78 Å². The number of likely N-dealkylation sites (tertiary alicyclic amines) is 1. The molecule has 2 aliphatic rings. The zero-order valence-corrected chi connectivity index (χ0v) is 12.9. The molecule has 0 N–H and O–H groups in total. The van der Waals surface area contributed by atoms with Gasteiger partial charge in [-0.1, -0.05) is 32.6 Å². The fraction of sp³-hybridized carbons (Fsp3) is 0.941. The maximum atomic E-state index is 11.4. The Morgan fingerprint density at radius 1 is 1.00 bits per heavy atom. The lowest BCUT2D eigenvalue weighted by Gasteiger charge is -2.36. The van der Waals surface area contributed by atoms with E-state index in [1.165, 1.54) is 45.1 Å². The summed E-state index contributed by atoms with van der Waals surface area (Å²) < 4.78 is 0. The first-order valence-electron chi connectivity index (χ1n) is 8.41.